The average molecular weight is 242 g/mol. The monoisotopic (exact) mass is 242 g/mol. The predicted molar refractivity (Wildman–Crippen MR) is 46.8 cm³/mol. The Morgan fingerprint density at radius 3 is 2.88 bits per heavy atom. The Hall–Kier alpha value is 0.630. The van der Waals surface area contributed by atoms with Gasteiger partial charge in [-0.25, -0.2) is 0 Å². The summed E-state index contributed by atoms with van der Waals surface area (Å²) in [6, 6.07) is 0. The smallest absolute Gasteiger partial charge is 0.0620 e. The highest BCUT2D eigenvalue weighted by Gasteiger charge is 2.07. The standard InChI is InChI=1S/C4H8IN2P/c1-4-2-3-7(6-4)8-5/h8H,2-3H2,1H3. The lowest BCUT2D eigenvalue weighted by Gasteiger charge is -2.05. The van der Waals surface area contributed by atoms with Gasteiger partial charge in [-0.15, -0.1) is 0 Å². The van der Waals surface area contributed by atoms with Crippen LogP contribution in [0.25, 0.3) is 0 Å². The summed E-state index contributed by atoms with van der Waals surface area (Å²) in [7, 11) is 0. The van der Waals surface area contributed by atoms with E-state index in [9.17, 15) is 0 Å². The second-order valence-electron chi connectivity index (χ2n) is 1.79. The van der Waals surface area contributed by atoms with Crippen LogP contribution in [0.1, 0.15) is 13.3 Å². The van der Waals surface area contributed by atoms with E-state index in [2.05, 4.69) is 38.8 Å². The van der Waals surface area contributed by atoms with Crippen molar-refractivity contribution in [1.29, 1.82) is 0 Å². The van der Waals surface area contributed by atoms with Crippen molar-refractivity contribution in [2.24, 2.45) is 5.10 Å². The molecule has 1 rings (SSSR count). The predicted octanol–water partition coefficient (Wildman–Crippen LogP) is 2.01. The van der Waals surface area contributed by atoms with E-state index >= 15 is 0 Å². The third-order valence-electron chi connectivity index (χ3n) is 1.07. The second-order valence-corrected chi connectivity index (χ2v) is 3.93. The number of hydrogen-bond acceptors (Lipinski definition) is 2. The number of halogens is 1. The van der Waals surface area contributed by atoms with Crippen molar-refractivity contribution in [2.45, 2.75) is 13.3 Å². The molecule has 1 heterocycles. The van der Waals surface area contributed by atoms with Crippen LogP contribution >= 0.6 is 28.4 Å². The Morgan fingerprint density at radius 1 is 1.88 bits per heavy atom. The lowest BCUT2D eigenvalue weighted by atomic mass is 10.3. The molecular formula is C4H8IN2P. The lowest BCUT2D eigenvalue weighted by molar-refractivity contribution is 0.553. The van der Waals surface area contributed by atoms with Crippen LogP contribution in [0, 0.1) is 0 Å². The minimum Gasteiger partial charge on any atom is -0.269 e. The van der Waals surface area contributed by atoms with Gasteiger partial charge in [0, 0.05) is 18.7 Å². The van der Waals surface area contributed by atoms with E-state index in [1.54, 1.807) is 0 Å². The molecular weight excluding hydrogens is 234 g/mol. The summed E-state index contributed by atoms with van der Waals surface area (Å²) in [5.74, 6) is 0. The van der Waals surface area contributed by atoms with E-state index in [4.69, 9.17) is 0 Å². The van der Waals surface area contributed by atoms with Crippen LogP contribution in [0.3, 0.4) is 0 Å². The third kappa shape index (κ3) is 1.55. The lowest BCUT2D eigenvalue weighted by Crippen LogP contribution is -1.97. The van der Waals surface area contributed by atoms with Crippen LogP contribution in [0.4, 0.5) is 0 Å². The van der Waals surface area contributed by atoms with Crippen LogP contribution in [0.5, 0.6) is 0 Å². The summed E-state index contributed by atoms with van der Waals surface area (Å²) in [5.41, 5.74) is 1.27. The largest absolute Gasteiger partial charge is 0.269 e. The van der Waals surface area contributed by atoms with E-state index in [0.717, 1.165) is 19.3 Å². The van der Waals surface area contributed by atoms with Gasteiger partial charge in [-0.2, -0.15) is 5.10 Å². The first kappa shape index (κ1) is 6.75. The number of hydrogen-bond donors (Lipinski definition) is 0. The molecule has 0 radical (unpaired) electrons. The molecule has 1 unspecified atom stereocenters. The molecule has 1 aliphatic heterocycles. The Kier molecular flexibility index (Phi) is 2.50. The van der Waals surface area contributed by atoms with Crippen molar-refractivity contribution < 1.29 is 0 Å². The molecule has 0 aromatic heterocycles. The minimum absolute atomic E-state index is 0.813. The molecule has 0 amide bonds. The fourth-order valence-corrected chi connectivity index (χ4v) is 2.09. The molecule has 0 saturated carbocycles. The van der Waals surface area contributed by atoms with Gasteiger partial charge < -0.3 is 0 Å². The zero-order valence-electron chi connectivity index (χ0n) is 4.69. The van der Waals surface area contributed by atoms with Gasteiger partial charge in [0.2, 0.25) is 0 Å². The van der Waals surface area contributed by atoms with E-state index in [0.29, 0.717) is 0 Å². The van der Waals surface area contributed by atoms with Crippen LogP contribution in [-0.4, -0.2) is 17.0 Å². The van der Waals surface area contributed by atoms with Crippen molar-refractivity contribution in [3.63, 3.8) is 0 Å². The zero-order chi connectivity index (χ0) is 5.98. The first-order valence-electron chi connectivity index (χ1n) is 2.51. The first-order chi connectivity index (χ1) is 3.83. The van der Waals surface area contributed by atoms with Crippen molar-refractivity contribution >= 4 is 34.1 Å². The molecule has 0 saturated heterocycles. The van der Waals surface area contributed by atoms with Crippen molar-refractivity contribution in [3.8, 4) is 0 Å². The van der Waals surface area contributed by atoms with E-state index in [1.807, 2.05) is 0 Å². The van der Waals surface area contributed by atoms with Crippen molar-refractivity contribution in [2.75, 3.05) is 6.54 Å². The highest BCUT2D eigenvalue weighted by Crippen LogP contribution is 2.29. The molecule has 0 bridgehead atoms. The maximum absolute atomic E-state index is 4.26. The van der Waals surface area contributed by atoms with Crippen molar-refractivity contribution in [1.82, 2.24) is 4.78 Å². The second kappa shape index (κ2) is 2.97. The molecule has 46 valence electrons. The highest BCUT2D eigenvalue weighted by atomic mass is 127. The zero-order valence-corrected chi connectivity index (χ0v) is 7.84. The molecule has 0 aromatic rings. The molecule has 8 heavy (non-hydrogen) atoms. The molecule has 0 aliphatic carbocycles. The number of nitrogens with zero attached hydrogens (tertiary/aromatic N) is 2. The molecule has 0 spiro atoms. The van der Waals surface area contributed by atoms with Crippen LogP contribution in [0.15, 0.2) is 5.10 Å². The van der Waals surface area contributed by atoms with Crippen molar-refractivity contribution in [3.05, 3.63) is 0 Å². The molecule has 1 atom stereocenters. The van der Waals surface area contributed by atoms with Gasteiger partial charge in [-0.3, -0.25) is 4.78 Å². The van der Waals surface area contributed by atoms with E-state index in [1.165, 1.54) is 5.71 Å². The highest BCUT2D eigenvalue weighted by molar-refractivity contribution is 14.2. The average Bonchev–Trinajstić information content (AvgIpc) is 2.14. The summed E-state index contributed by atoms with van der Waals surface area (Å²) in [5, 5.41) is 4.26. The summed E-state index contributed by atoms with van der Waals surface area (Å²) in [6.45, 7) is 3.21. The topological polar surface area (TPSA) is 15.6 Å². The summed E-state index contributed by atoms with van der Waals surface area (Å²) in [4.78, 5) is 0. The fourth-order valence-electron chi connectivity index (χ4n) is 0.635. The van der Waals surface area contributed by atoms with Gasteiger partial charge in [0.05, 0.1) is 6.37 Å². The Bertz CT molecular complexity index is 115. The molecule has 0 aromatic carbocycles. The maximum atomic E-state index is 4.26. The Balaban J connectivity index is 2.41. The van der Waals surface area contributed by atoms with Crippen LogP contribution in [0.2, 0.25) is 0 Å². The minimum atomic E-state index is 0.813. The maximum Gasteiger partial charge on any atom is 0.0620 e. The molecule has 0 fully saturated rings. The SMILES string of the molecule is CC1=NN(PI)CC1. The molecule has 1 aliphatic rings. The number of rotatable bonds is 1. The first-order valence-corrected chi connectivity index (χ1v) is 6.57. The normalized spacial score (nSPS) is 20.8. The van der Waals surface area contributed by atoms with Gasteiger partial charge in [0.15, 0.2) is 0 Å². The quantitative estimate of drug-likeness (QED) is 0.507. The Labute approximate surface area is 64.0 Å². The van der Waals surface area contributed by atoms with E-state index < -0.39 is 0 Å². The van der Waals surface area contributed by atoms with Gasteiger partial charge in [0.25, 0.3) is 0 Å². The van der Waals surface area contributed by atoms with Gasteiger partial charge in [-0.05, 0) is 29.0 Å². The summed E-state index contributed by atoms with van der Waals surface area (Å²) < 4.78 is 2.11. The molecule has 2 nitrogen and oxygen atoms in total. The summed E-state index contributed by atoms with van der Waals surface area (Å²) in [6.07, 6.45) is 1.98. The van der Waals surface area contributed by atoms with Gasteiger partial charge in [-0.1, -0.05) is 0 Å². The van der Waals surface area contributed by atoms with Gasteiger partial charge in [0.1, 0.15) is 0 Å². The van der Waals surface area contributed by atoms with Crippen LogP contribution < -0.4 is 0 Å². The number of hydrazone groups is 1. The fraction of sp³-hybridized carbons (Fsp3) is 0.750. The molecule has 4 heteroatoms. The molecule has 0 N–H and O–H groups in total. The van der Waals surface area contributed by atoms with Gasteiger partial charge >= 0.3 is 0 Å². The van der Waals surface area contributed by atoms with Crippen LogP contribution in [-0.2, 0) is 0 Å². The van der Waals surface area contributed by atoms with E-state index in [-0.39, 0.29) is 0 Å². The summed E-state index contributed by atoms with van der Waals surface area (Å²) >= 11 is 2.35. The third-order valence-corrected chi connectivity index (χ3v) is 3.26. The Morgan fingerprint density at radius 2 is 2.62 bits per heavy atom.